The molecule has 0 radical (unpaired) electrons. The quantitative estimate of drug-likeness (QED) is 0.778. The van der Waals surface area contributed by atoms with Crippen LogP contribution in [0.2, 0.25) is 0 Å². The van der Waals surface area contributed by atoms with Gasteiger partial charge in [-0.05, 0) is 67.0 Å². The molecule has 3 nitrogen and oxygen atoms in total. The van der Waals surface area contributed by atoms with Crippen molar-refractivity contribution in [2.75, 3.05) is 33.9 Å². The van der Waals surface area contributed by atoms with E-state index in [0.717, 1.165) is 50.5 Å². The molecule has 0 fully saturated rings. The predicted molar refractivity (Wildman–Crippen MR) is 106 cm³/mol. The van der Waals surface area contributed by atoms with Gasteiger partial charge in [0.15, 0.2) is 0 Å². The molecule has 0 amide bonds. The molecule has 2 aliphatic rings. The van der Waals surface area contributed by atoms with E-state index in [0.29, 0.717) is 5.92 Å². The number of fused-ring (bicyclic) bond motifs is 2. The predicted octanol–water partition coefficient (Wildman–Crippen LogP) is 4.22. The number of methoxy groups -OCH3 is 1. The molecule has 4 rings (SSSR count). The van der Waals surface area contributed by atoms with Crippen LogP contribution in [0.5, 0.6) is 11.5 Å². The van der Waals surface area contributed by atoms with Crippen molar-refractivity contribution in [2.24, 2.45) is 0 Å². The summed E-state index contributed by atoms with van der Waals surface area (Å²) in [6, 6.07) is 13.1. The van der Waals surface area contributed by atoms with Crippen molar-refractivity contribution in [3.8, 4) is 11.5 Å². The fraction of sp³-hybridized carbons (Fsp3) is 0.478. The molecular weight excluding hydrogens is 322 g/mol. The minimum absolute atomic E-state index is 0.608. The Hall–Kier alpha value is -2.00. The molecule has 1 aliphatic carbocycles. The zero-order valence-electron chi connectivity index (χ0n) is 16.0. The smallest absolute Gasteiger partial charge is 0.125 e. The minimum atomic E-state index is 0.608. The van der Waals surface area contributed by atoms with Crippen molar-refractivity contribution < 1.29 is 9.47 Å². The maximum Gasteiger partial charge on any atom is 0.125 e. The summed E-state index contributed by atoms with van der Waals surface area (Å²) in [7, 11) is 4.03. The summed E-state index contributed by atoms with van der Waals surface area (Å²) in [6.45, 7) is 3.01. The van der Waals surface area contributed by atoms with E-state index in [-0.39, 0.29) is 0 Å². The van der Waals surface area contributed by atoms with Crippen LogP contribution < -0.4 is 9.47 Å². The third-order valence-corrected chi connectivity index (χ3v) is 5.90. The molecule has 26 heavy (non-hydrogen) atoms. The second-order valence-corrected chi connectivity index (χ2v) is 7.63. The first kappa shape index (κ1) is 17.4. The van der Waals surface area contributed by atoms with Gasteiger partial charge in [-0.3, -0.25) is 0 Å². The van der Waals surface area contributed by atoms with Gasteiger partial charge < -0.3 is 14.4 Å². The Balaban J connectivity index is 1.41. The standard InChI is InChI=1S/C23H29NO2/c1-24(14-12-17-6-3-7-18-13-15-26-23(17)18)16-19-8-4-10-21-20(19)9-5-11-22(21)25-2/h3,5-7,9,11,19H,4,8,10,12-16H2,1-2H3/t19-/m0/s1. The average Bonchev–Trinajstić information content (AvgIpc) is 3.15. The SMILES string of the molecule is COc1cccc2c1CCC[C@H]2CN(C)CCc1cccc2c1OCC2. The number of rotatable bonds is 6. The molecule has 0 aromatic heterocycles. The molecule has 2 aromatic rings. The Bertz CT molecular complexity index is 771. The molecule has 1 atom stereocenters. The van der Waals surface area contributed by atoms with Crippen LogP contribution in [-0.2, 0) is 19.3 Å². The highest BCUT2D eigenvalue weighted by molar-refractivity contribution is 5.45. The van der Waals surface area contributed by atoms with E-state index in [1.54, 1.807) is 7.11 Å². The summed E-state index contributed by atoms with van der Waals surface area (Å²) in [4.78, 5) is 2.48. The van der Waals surface area contributed by atoms with Crippen LogP contribution >= 0.6 is 0 Å². The van der Waals surface area contributed by atoms with Crippen molar-refractivity contribution >= 4 is 0 Å². The van der Waals surface area contributed by atoms with Gasteiger partial charge in [0, 0.05) is 19.5 Å². The van der Waals surface area contributed by atoms with Gasteiger partial charge in [-0.25, -0.2) is 0 Å². The van der Waals surface area contributed by atoms with Gasteiger partial charge in [-0.15, -0.1) is 0 Å². The van der Waals surface area contributed by atoms with Gasteiger partial charge >= 0.3 is 0 Å². The maximum absolute atomic E-state index is 5.85. The van der Waals surface area contributed by atoms with Gasteiger partial charge in [0.2, 0.25) is 0 Å². The van der Waals surface area contributed by atoms with Crippen LogP contribution in [-0.4, -0.2) is 38.8 Å². The maximum atomic E-state index is 5.85. The highest BCUT2D eigenvalue weighted by Crippen LogP contribution is 2.37. The van der Waals surface area contributed by atoms with Gasteiger partial charge in [0.25, 0.3) is 0 Å². The molecule has 2 aromatic carbocycles. The first-order chi connectivity index (χ1) is 12.8. The van der Waals surface area contributed by atoms with E-state index < -0.39 is 0 Å². The van der Waals surface area contributed by atoms with Crippen LogP contribution in [0.15, 0.2) is 36.4 Å². The zero-order valence-corrected chi connectivity index (χ0v) is 16.0. The average molecular weight is 351 g/mol. The number of hydrogen-bond acceptors (Lipinski definition) is 3. The first-order valence-electron chi connectivity index (χ1n) is 9.84. The summed E-state index contributed by atoms with van der Waals surface area (Å²) in [6.07, 6.45) is 5.78. The highest BCUT2D eigenvalue weighted by Gasteiger charge is 2.24. The summed E-state index contributed by atoms with van der Waals surface area (Å²) >= 11 is 0. The summed E-state index contributed by atoms with van der Waals surface area (Å²) in [5, 5.41) is 0. The third kappa shape index (κ3) is 3.45. The second-order valence-electron chi connectivity index (χ2n) is 7.63. The second kappa shape index (κ2) is 7.71. The topological polar surface area (TPSA) is 21.7 Å². The largest absolute Gasteiger partial charge is 0.496 e. The van der Waals surface area contributed by atoms with Gasteiger partial charge in [0.05, 0.1) is 13.7 Å². The molecule has 138 valence electrons. The summed E-state index contributed by atoms with van der Waals surface area (Å²) in [5.41, 5.74) is 5.65. The molecular formula is C23H29NO2. The van der Waals surface area contributed by atoms with Crippen LogP contribution in [0.3, 0.4) is 0 Å². The lowest BCUT2D eigenvalue weighted by atomic mass is 9.82. The molecule has 0 N–H and O–H groups in total. The van der Waals surface area contributed by atoms with Crippen molar-refractivity contribution in [3.63, 3.8) is 0 Å². The minimum Gasteiger partial charge on any atom is -0.496 e. The number of ether oxygens (including phenoxy) is 2. The van der Waals surface area contributed by atoms with E-state index in [9.17, 15) is 0 Å². The van der Waals surface area contributed by atoms with Gasteiger partial charge in [-0.1, -0.05) is 30.3 Å². The lowest BCUT2D eigenvalue weighted by Gasteiger charge is -2.30. The molecule has 3 heteroatoms. The van der Waals surface area contributed by atoms with Crippen molar-refractivity contribution in [1.82, 2.24) is 4.90 Å². The van der Waals surface area contributed by atoms with Crippen molar-refractivity contribution in [3.05, 3.63) is 58.7 Å². The first-order valence-corrected chi connectivity index (χ1v) is 9.84. The zero-order chi connectivity index (χ0) is 17.9. The number of likely N-dealkylation sites (N-methyl/N-ethyl adjacent to an activating group) is 1. The molecule has 1 aliphatic heterocycles. The van der Waals surface area contributed by atoms with E-state index in [1.165, 1.54) is 35.1 Å². The molecule has 0 unspecified atom stereocenters. The lowest BCUT2D eigenvalue weighted by molar-refractivity contribution is 0.296. The lowest BCUT2D eigenvalue weighted by Crippen LogP contribution is -2.28. The highest BCUT2D eigenvalue weighted by atomic mass is 16.5. The Morgan fingerprint density at radius 3 is 2.92 bits per heavy atom. The Kier molecular flexibility index (Phi) is 5.16. The van der Waals surface area contributed by atoms with Crippen LogP contribution in [0.4, 0.5) is 0 Å². The molecule has 0 bridgehead atoms. The van der Waals surface area contributed by atoms with Crippen molar-refractivity contribution in [1.29, 1.82) is 0 Å². The monoisotopic (exact) mass is 351 g/mol. The van der Waals surface area contributed by atoms with Crippen LogP contribution in [0.25, 0.3) is 0 Å². The Labute approximate surface area is 156 Å². The fourth-order valence-corrected chi connectivity index (χ4v) is 4.55. The number of benzene rings is 2. The Morgan fingerprint density at radius 1 is 1.15 bits per heavy atom. The van der Waals surface area contributed by atoms with E-state index in [4.69, 9.17) is 9.47 Å². The van der Waals surface area contributed by atoms with Gasteiger partial charge in [-0.2, -0.15) is 0 Å². The number of nitrogens with zero attached hydrogens (tertiary/aromatic N) is 1. The summed E-state index contributed by atoms with van der Waals surface area (Å²) in [5.74, 6) is 2.82. The van der Waals surface area contributed by atoms with E-state index in [1.807, 2.05) is 0 Å². The molecule has 0 saturated heterocycles. The van der Waals surface area contributed by atoms with E-state index >= 15 is 0 Å². The number of para-hydroxylation sites is 1. The van der Waals surface area contributed by atoms with E-state index in [2.05, 4.69) is 48.3 Å². The van der Waals surface area contributed by atoms with Crippen LogP contribution in [0.1, 0.15) is 41.0 Å². The molecule has 0 spiro atoms. The Morgan fingerprint density at radius 2 is 2.04 bits per heavy atom. The summed E-state index contributed by atoms with van der Waals surface area (Å²) < 4.78 is 11.4. The normalized spacial score (nSPS) is 18.3. The van der Waals surface area contributed by atoms with Crippen molar-refractivity contribution in [2.45, 2.75) is 38.0 Å². The fourth-order valence-electron chi connectivity index (χ4n) is 4.55. The number of hydrogen-bond donors (Lipinski definition) is 0. The molecule has 1 heterocycles. The molecule has 0 saturated carbocycles. The van der Waals surface area contributed by atoms with Crippen LogP contribution in [0, 0.1) is 0 Å². The van der Waals surface area contributed by atoms with Gasteiger partial charge in [0.1, 0.15) is 11.5 Å². The third-order valence-electron chi connectivity index (χ3n) is 5.90.